The second-order valence-corrected chi connectivity index (χ2v) is 5.26. The van der Waals surface area contributed by atoms with Gasteiger partial charge in [-0.2, -0.15) is 0 Å². The number of carbonyl (C=O) groups excluding carboxylic acids is 1. The molecule has 0 saturated heterocycles. The number of hydrogen-bond acceptors (Lipinski definition) is 3. The molecule has 1 amide bonds. The molecule has 0 atom stereocenters. The van der Waals surface area contributed by atoms with E-state index in [2.05, 4.69) is 21.2 Å². The fourth-order valence-electron chi connectivity index (χ4n) is 1.84. The van der Waals surface area contributed by atoms with Crippen LogP contribution in [0.4, 0.5) is 5.69 Å². The summed E-state index contributed by atoms with van der Waals surface area (Å²) in [5, 5.41) is 21.1. The minimum absolute atomic E-state index is 0.216. The fourth-order valence-corrected chi connectivity index (χ4v) is 2.21. The lowest BCUT2D eigenvalue weighted by Gasteiger charge is -2.10. The summed E-state index contributed by atoms with van der Waals surface area (Å²) < 4.78 is 0.819. The number of phenols is 1. The lowest BCUT2D eigenvalue weighted by molar-refractivity contribution is 0.0693. The number of halogens is 1. The Labute approximate surface area is 129 Å². The van der Waals surface area contributed by atoms with Gasteiger partial charge in [0.1, 0.15) is 11.3 Å². The smallest absolute Gasteiger partial charge is 0.339 e. The van der Waals surface area contributed by atoms with E-state index in [1.54, 1.807) is 12.1 Å². The molecule has 2 aromatic carbocycles. The number of rotatable bonds is 3. The van der Waals surface area contributed by atoms with Gasteiger partial charge in [0.05, 0.1) is 0 Å². The Morgan fingerprint density at radius 3 is 2.48 bits per heavy atom. The molecule has 0 aromatic heterocycles. The van der Waals surface area contributed by atoms with Crippen molar-refractivity contribution in [3.8, 4) is 5.75 Å². The van der Waals surface area contributed by atoms with Crippen LogP contribution in [0.25, 0.3) is 0 Å². The number of amides is 1. The predicted octanol–water partition coefficient (Wildman–Crippen LogP) is 3.41. The molecule has 3 N–H and O–H groups in total. The summed E-state index contributed by atoms with van der Waals surface area (Å²) >= 11 is 3.35. The summed E-state index contributed by atoms with van der Waals surface area (Å²) in [5.74, 6) is -1.96. The van der Waals surface area contributed by atoms with Crippen molar-refractivity contribution in [1.82, 2.24) is 0 Å². The summed E-state index contributed by atoms with van der Waals surface area (Å²) in [6.07, 6.45) is 0. The number of carboxylic acid groups (broad SMARTS) is 1. The van der Waals surface area contributed by atoms with Gasteiger partial charge in [-0.15, -0.1) is 0 Å². The normalized spacial score (nSPS) is 10.2. The highest BCUT2D eigenvalue weighted by atomic mass is 79.9. The minimum atomic E-state index is -1.23. The van der Waals surface area contributed by atoms with E-state index in [9.17, 15) is 14.7 Å². The second-order valence-electron chi connectivity index (χ2n) is 4.40. The summed E-state index contributed by atoms with van der Waals surface area (Å²) in [7, 11) is 0. The van der Waals surface area contributed by atoms with Crippen LogP contribution in [0.15, 0.2) is 40.9 Å². The van der Waals surface area contributed by atoms with Crippen molar-refractivity contribution in [3.05, 3.63) is 57.6 Å². The average Bonchev–Trinajstić information content (AvgIpc) is 2.41. The number of aromatic carboxylic acids is 1. The maximum Gasteiger partial charge on any atom is 0.339 e. The number of anilines is 1. The monoisotopic (exact) mass is 349 g/mol. The van der Waals surface area contributed by atoms with Gasteiger partial charge in [0.2, 0.25) is 0 Å². The van der Waals surface area contributed by atoms with E-state index in [0.29, 0.717) is 11.3 Å². The van der Waals surface area contributed by atoms with Crippen LogP contribution in [-0.2, 0) is 0 Å². The van der Waals surface area contributed by atoms with E-state index in [-0.39, 0.29) is 11.5 Å². The Kier molecular flexibility index (Phi) is 4.28. The van der Waals surface area contributed by atoms with Crippen molar-refractivity contribution in [1.29, 1.82) is 0 Å². The number of carbonyl (C=O) groups is 2. The molecule has 0 spiro atoms. The Bertz CT molecular complexity index is 728. The number of carboxylic acids is 1. The molecule has 21 heavy (non-hydrogen) atoms. The maximum atomic E-state index is 12.2. The van der Waals surface area contributed by atoms with Crippen LogP contribution in [0.3, 0.4) is 0 Å². The van der Waals surface area contributed by atoms with E-state index in [1.165, 1.54) is 18.2 Å². The van der Waals surface area contributed by atoms with Crippen LogP contribution in [0.2, 0.25) is 0 Å². The average molecular weight is 350 g/mol. The van der Waals surface area contributed by atoms with Gasteiger partial charge in [-0.25, -0.2) is 4.79 Å². The van der Waals surface area contributed by atoms with Gasteiger partial charge in [0.25, 0.3) is 5.91 Å². The van der Waals surface area contributed by atoms with Crippen LogP contribution < -0.4 is 5.32 Å². The lowest BCUT2D eigenvalue weighted by atomic mass is 10.1. The molecule has 0 saturated carbocycles. The second kappa shape index (κ2) is 5.97. The van der Waals surface area contributed by atoms with Gasteiger partial charge in [0, 0.05) is 21.8 Å². The van der Waals surface area contributed by atoms with E-state index in [0.717, 1.165) is 10.0 Å². The third kappa shape index (κ3) is 3.22. The molecular formula is C15H12BrNO4. The summed E-state index contributed by atoms with van der Waals surface area (Å²) in [6.45, 7) is 1.81. The molecule has 5 nitrogen and oxygen atoms in total. The molecule has 0 unspecified atom stereocenters. The Morgan fingerprint density at radius 1 is 1.14 bits per heavy atom. The van der Waals surface area contributed by atoms with Crippen molar-refractivity contribution >= 4 is 33.5 Å². The van der Waals surface area contributed by atoms with Crippen LogP contribution in [0.5, 0.6) is 5.75 Å². The molecule has 0 bridgehead atoms. The van der Waals surface area contributed by atoms with Crippen LogP contribution >= 0.6 is 15.9 Å². The Balaban J connectivity index is 2.26. The summed E-state index contributed by atoms with van der Waals surface area (Å²) in [5.41, 5.74) is 1.39. The van der Waals surface area contributed by atoms with Crippen LogP contribution in [-0.4, -0.2) is 22.1 Å². The van der Waals surface area contributed by atoms with Crippen molar-refractivity contribution in [3.63, 3.8) is 0 Å². The number of aromatic hydroxyl groups is 1. The topological polar surface area (TPSA) is 86.6 Å². The number of nitrogens with one attached hydrogen (secondary N) is 1. The molecule has 0 radical (unpaired) electrons. The lowest BCUT2D eigenvalue weighted by Crippen LogP contribution is -2.13. The molecule has 0 aliphatic rings. The van der Waals surface area contributed by atoms with Gasteiger partial charge in [-0.3, -0.25) is 4.79 Å². The predicted molar refractivity (Wildman–Crippen MR) is 81.9 cm³/mol. The molecule has 108 valence electrons. The van der Waals surface area contributed by atoms with Crippen molar-refractivity contribution in [2.45, 2.75) is 6.92 Å². The first-order valence-electron chi connectivity index (χ1n) is 6.03. The largest absolute Gasteiger partial charge is 0.507 e. The van der Waals surface area contributed by atoms with Gasteiger partial charge in [0.15, 0.2) is 0 Å². The van der Waals surface area contributed by atoms with Gasteiger partial charge >= 0.3 is 5.97 Å². The number of benzene rings is 2. The Hall–Kier alpha value is -2.34. The molecule has 0 fully saturated rings. The SMILES string of the molecule is Cc1c(Br)cccc1C(=O)Nc1ccc(C(=O)O)c(O)c1. The molecule has 2 aromatic rings. The molecular weight excluding hydrogens is 338 g/mol. The van der Waals surface area contributed by atoms with Crippen molar-refractivity contribution in [2.24, 2.45) is 0 Å². The third-order valence-electron chi connectivity index (χ3n) is 3.00. The maximum absolute atomic E-state index is 12.2. The van der Waals surface area contributed by atoms with Crippen molar-refractivity contribution < 1.29 is 19.8 Å². The zero-order chi connectivity index (χ0) is 15.6. The Morgan fingerprint density at radius 2 is 1.86 bits per heavy atom. The van der Waals surface area contributed by atoms with E-state index >= 15 is 0 Å². The summed E-state index contributed by atoms with van der Waals surface area (Å²) in [6, 6.07) is 9.13. The van der Waals surface area contributed by atoms with E-state index in [1.807, 2.05) is 13.0 Å². The van der Waals surface area contributed by atoms with Gasteiger partial charge < -0.3 is 15.5 Å². The highest BCUT2D eigenvalue weighted by Gasteiger charge is 2.13. The molecule has 6 heteroatoms. The summed E-state index contributed by atoms with van der Waals surface area (Å²) in [4.78, 5) is 23.0. The number of hydrogen-bond donors (Lipinski definition) is 3. The third-order valence-corrected chi connectivity index (χ3v) is 3.86. The van der Waals surface area contributed by atoms with Gasteiger partial charge in [-0.1, -0.05) is 22.0 Å². The standard InChI is InChI=1S/C15H12BrNO4/c1-8-10(3-2-4-12(8)16)14(19)17-9-5-6-11(15(20)21)13(18)7-9/h2-7,18H,1H3,(H,17,19)(H,20,21). The highest BCUT2D eigenvalue weighted by Crippen LogP contribution is 2.24. The van der Waals surface area contributed by atoms with Gasteiger partial charge in [-0.05, 0) is 36.8 Å². The molecule has 0 aliphatic carbocycles. The van der Waals surface area contributed by atoms with E-state index in [4.69, 9.17) is 5.11 Å². The van der Waals surface area contributed by atoms with Crippen LogP contribution in [0, 0.1) is 6.92 Å². The molecule has 0 heterocycles. The van der Waals surface area contributed by atoms with E-state index < -0.39 is 11.7 Å². The first kappa shape index (κ1) is 15.1. The first-order valence-corrected chi connectivity index (χ1v) is 6.82. The first-order chi connectivity index (χ1) is 9.90. The zero-order valence-corrected chi connectivity index (χ0v) is 12.6. The zero-order valence-electron chi connectivity index (χ0n) is 11.1. The minimum Gasteiger partial charge on any atom is -0.507 e. The van der Waals surface area contributed by atoms with Crippen molar-refractivity contribution in [2.75, 3.05) is 5.32 Å². The molecule has 0 aliphatic heterocycles. The fraction of sp³-hybridized carbons (Fsp3) is 0.0667. The van der Waals surface area contributed by atoms with Crippen LogP contribution in [0.1, 0.15) is 26.3 Å². The quantitative estimate of drug-likeness (QED) is 0.792. The highest BCUT2D eigenvalue weighted by molar-refractivity contribution is 9.10. The molecule has 2 rings (SSSR count).